The van der Waals surface area contributed by atoms with Crippen LogP contribution >= 0.6 is 0 Å². The van der Waals surface area contributed by atoms with Gasteiger partial charge in [-0.2, -0.15) is 0 Å². The summed E-state index contributed by atoms with van der Waals surface area (Å²) in [5.74, 6) is 2.44. The molecule has 0 radical (unpaired) electrons. The Morgan fingerprint density at radius 3 is 2.65 bits per heavy atom. The molecule has 1 aliphatic heterocycles. The van der Waals surface area contributed by atoms with Crippen molar-refractivity contribution in [2.45, 2.75) is 25.9 Å². The summed E-state index contributed by atoms with van der Waals surface area (Å²) in [7, 11) is 0. The molecule has 5 heteroatoms. The maximum atomic E-state index is 6.21. The second-order valence-electron chi connectivity index (χ2n) is 5.77. The lowest BCUT2D eigenvalue weighted by Crippen LogP contribution is -2.25. The second kappa shape index (κ2) is 5.59. The molecule has 0 aliphatic carbocycles. The Balaban J connectivity index is 1.92. The predicted octanol–water partition coefficient (Wildman–Crippen LogP) is 3.17. The summed E-state index contributed by atoms with van der Waals surface area (Å²) in [6.45, 7) is 3.08. The summed E-state index contributed by atoms with van der Waals surface area (Å²) in [6, 6.07) is 14.2. The molecule has 0 saturated carbocycles. The largest absolute Gasteiger partial charge is 0.454 e. The van der Waals surface area contributed by atoms with Crippen molar-refractivity contribution in [3.8, 4) is 22.9 Å². The molecule has 1 aromatic heterocycles. The summed E-state index contributed by atoms with van der Waals surface area (Å²) in [6.07, 6.45) is 0.915. The van der Waals surface area contributed by atoms with Crippen LogP contribution in [0.4, 0.5) is 0 Å². The van der Waals surface area contributed by atoms with Crippen LogP contribution in [-0.4, -0.2) is 22.4 Å². The summed E-state index contributed by atoms with van der Waals surface area (Å²) in [5.41, 5.74) is 9.21. The molecule has 2 aromatic carbocycles. The first kappa shape index (κ1) is 14.1. The molecule has 0 amide bonds. The van der Waals surface area contributed by atoms with E-state index in [1.807, 2.05) is 30.3 Å². The quantitative estimate of drug-likeness (QED) is 0.804. The third-order valence-corrected chi connectivity index (χ3v) is 4.22. The number of hydrogen-bond acceptors (Lipinski definition) is 4. The van der Waals surface area contributed by atoms with Gasteiger partial charge in [-0.15, -0.1) is 0 Å². The fourth-order valence-corrected chi connectivity index (χ4v) is 2.87. The van der Waals surface area contributed by atoms with Crippen molar-refractivity contribution in [1.82, 2.24) is 9.55 Å². The SMILES string of the molecule is CCC(N)Cn1c(-c2ccccc2)nc2cc3c(cc21)OCO3. The smallest absolute Gasteiger partial charge is 0.231 e. The zero-order valence-electron chi connectivity index (χ0n) is 13.0. The van der Waals surface area contributed by atoms with Gasteiger partial charge in [-0.3, -0.25) is 0 Å². The Kier molecular flexibility index (Phi) is 3.42. The van der Waals surface area contributed by atoms with Gasteiger partial charge in [0.05, 0.1) is 11.0 Å². The van der Waals surface area contributed by atoms with Crippen molar-refractivity contribution in [3.63, 3.8) is 0 Å². The van der Waals surface area contributed by atoms with Crippen LogP contribution in [0.3, 0.4) is 0 Å². The Labute approximate surface area is 134 Å². The standard InChI is InChI=1S/C18H19N3O2/c1-2-13(19)10-21-15-9-17-16(22-11-23-17)8-14(15)20-18(21)12-6-4-3-5-7-12/h3-9,13H,2,10-11,19H2,1H3. The van der Waals surface area contributed by atoms with Crippen molar-refractivity contribution in [3.05, 3.63) is 42.5 Å². The van der Waals surface area contributed by atoms with Gasteiger partial charge in [0, 0.05) is 30.3 Å². The Morgan fingerprint density at radius 2 is 1.91 bits per heavy atom. The van der Waals surface area contributed by atoms with Crippen LogP contribution in [0.1, 0.15) is 13.3 Å². The Hall–Kier alpha value is -2.53. The molecule has 3 aromatic rings. The first-order valence-electron chi connectivity index (χ1n) is 7.87. The number of hydrogen-bond donors (Lipinski definition) is 1. The molecule has 5 nitrogen and oxygen atoms in total. The van der Waals surface area contributed by atoms with Gasteiger partial charge in [0.2, 0.25) is 6.79 Å². The summed E-state index contributed by atoms with van der Waals surface area (Å²) in [5, 5.41) is 0. The molecule has 23 heavy (non-hydrogen) atoms. The average molecular weight is 309 g/mol. The molecule has 1 unspecified atom stereocenters. The molecule has 118 valence electrons. The van der Waals surface area contributed by atoms with Crippen LogP contribution in [0.2, 0.25) is 0 Å². The number of aromatic nitrogens is 2. The van der Waals surface area contributed by atoms with E-state index < -0.39 is 0 Å². The molecule has 2 N–H and O–H groups in total. The Bertz CT molecular complexity index is 842. The fraction of sp³-hybridized carbons (Fsp3) is 0.278. The first-order valence-corrected chi connectivity index (χ1v) is 7.87. The van der Waals surface area contributed by atoms with Crippen molar-refractivity contribution in [1.29, 1.82) is 0 Å². The molecule has 0 spiro atoms. The van der Waals surface area contributed by atoms with Gasteiger partial charge < -0.3 is 19.8 Å². The lowest BCUT2D eigenvalue weighted by atomic mass is 10.2. The van der Waals surface area contributed by atoms with Gasteiger partial charge in [0.25, 0.3) is 0 Å². The van der Waals surface area contributed by atoms with E-state index in [9.17, 15) is 0 Å². The minimum Gasteiger partial charge on any atom is -0.454 e. The zero-order chi connectivity index (χ0) is 15.8. The van der Waals surface area contributed by atoms with Crippen LogP contribution in [0.15, 0.2) is 42.5 Å². The normalized spacial score (nSPS) is 14.3. The molecular weight excluding hydrogens is 290 g/mol. The molecule has 0 fully saturated rings. The van der Waals surface area contributed by atoms with E-state index in [-0.39, 0.29) is 12.8 Å². The maximum Gasteiger partial charge on any atom is 0.231 e. The van der Waals surface area contributed by atoms with E-state index in [4.69, 9.17) is 20.2 Å². The van der Waals surface area contributed by atoms with E-state index in [1.165, 1.54) is 0 Å². The van der Waals surface area contributed by atoms with Gasteiger partial charge in [0.15, 0.2) is 11.5 Å². The van der Waals surface area contributed by atoms with E-state index in [0.717, 1.165) is 46.9 Å². The van der Waals surface area contributed by atoms with E-state index >= 15 is 0 Å². The third-order valence-electron chi connectivity index (χ3n) is 4.22. The maximum absolute atomic E-state index is 6.21. The molecule has 2 heterocycles. The molecule has 0 bridgehead atoms. The fourth-order valence-electron chi connectivity index (χ4n) is 2.87. The number of nitrogens with two attached hydrogens (primary N) is 1. The molecule has 1 atom stereocenters. The number of nitrogens with zero attached hydrogens (tertiary/aromatic N) is 2. The highest BCUT2D eigenvalue weighted by Crippen LogP contribution is 2.37. The number of rotatable bonds is 4. The zero-order valence-corrected chi connectivity index (χ0v) is 13.0. The van der Waals surface area contributed by atoms with Crippen molar-refractivity contribution < 1.29 is 9.47 Å². The van der Waals surface area contributed by atoms with Crippen LogP contribution in [-0.2, 0) is 6.54 Å². The number of imidazole rings is 1. The highest BCUT2D eigenvalue weighted by molar-refractivity contribution is 5.84. The van der Waals surface area contributed by atoms with E-state index in [0.29, 0.717) is 0 Å². The van der Waals surface area contributed by atoms with Gasteiger partial charge in [-0.1, -0.05) is 37.3 Å². The lowest BCUT2D eigenvalue weighted by Gasteiger charge is -2.14. The van der Waals surface area contributed by atoms with Gasteiger partial charge in [-0.05, 0) is 6.42 Å². The first-order chi connectivity index (χ1) is 11.3. The van der Waals surface area contributed by atoms with Crippen molar-refractivity contribution in [2.24, 2.45) is 5.73 Å². The van der Waals surface area contributed by atoms with Gasteiger partial charge in [0.1, 0.15) is 5.82 Å². The minimum atomic E-state index is 0.0836. The highest BCUT2D eigenvalue weighted by Gasteiger charge is 2.20. The number of fused-ring (bicyclic) bond motifs is 2. The van der Waals surface area contributed by atoms with Crippen molar-refractivity contribution in [2.75, 3.05) is 6.79 Å². The lowest BCUT2D eigenvalue weighted by molar-refractivity contribution is 0.174. The number of ether oxygens (including phenoxy) is 2. The van der Waals surface area contributed by atoms with Crippen LogP contribution in [0.25, 0.3) is 22.4 Å². The molecule has 0 saturated heterocycles. The summed E-state index contributed by atoms with van der Waals surface area (Å²) >= 11 is 0. The molecular formula is C18H19N3O2. The number of benzene rings is 2. The Morgan fingerprint density at radius 1 is 1.17 bits per heavy atom. The molecule has 1 aliphatic rings. The highest BCUT2D eigenvalue weighted by atomic mass is 16.7. The van der Waals surface area contributed by atoms with E-state index in [2.05, 4.69) is 23.6 Å². The monoisotopic (exact) mass is 309 g/mol. The average Bonchev–Trinajstić information content (AvgIpc) is 3.18. The van der Waals surface area contributed by atoms with Gasteiger partial charge >= 0.3 is 0 Å². The topological polar surface area (TPSA) is 62.3 Å². The third kappa shape index (κ3) is 2.43. The summed E-state index contributed by atoms with van der Waals surface area (Å²) in [4.78, 5) is 4.82. The second-order valence-corrected chi connectivity index (χ2v) is 5.77. The van der Waals surface area contributed by atoms with Crippen LogP contribution in [0, 0.1) is 0 Å². The van der Waals surface area contributed by atoms with Crippen molar-refractivity contribution >= 4 is 11.0 Å². The van der Waals surface area contributed by atoms with Crippen LogP contribution < -0.4 is 15.2 Å². The predicted molar refractivity (Wildman–Crippen MR) is 89.6 cm³/mol. The summed E-state index contributed by atoms with van der Waals surface area (Å²) < 4.78 is 13.2. The van der Waals surface area contributed by atoms with Gasteiger partial charge in [-0.25, -0.2) is 4.98 Å². The minimum absolute atomic E-state index is 0.0836. The molecule has 4 rings (SSSR count). The van der Waals surface area contributed by atoms with E-state index in [1.54, 1.807) is 0 Å². The van der Waals surface area contributed by atoms with Crippen LogP contribution in [0.5, 0.6) is 11.5 Å².